The van der Waals surface area contributed by atoms with Crippen molar-refractivity contribution in [3.63, 3.8) is 0 Å². The van der Waals surface area contributed by atoms with Crippen LogP contribution in [-0.2, 0) is 16.0 Å². The van der Waals surface area contributed by atoms with E-state index in [1.807, 2.05) is 13.0 Å². The molecule has 1 amide bonds. The Kier molecular flexibility index (Phi) is 6.85. The lowest BCUT2D eigenvalue weighted by Crippen LogP contribution is -2.43. The number of ether oxygens (including phenoxy) is 2. The Labute approximate surface area is 231 Å². The molecule has 0 radical (unpaired) electrons. The summed E-state index contributed by atoms with van der Waals surface area (Å²) in [5.41, 5.74) is 1.77. The van der Waals surface area contributed by atoms with Gasteiger partial charge in [-0.2, -0.15) is 5.10 Å². The number of aromatic nitrogens is 4. The third-order valence-electron chi connectivity index (χ3n) is 6.64. The summed E-state index contributed by atoms with van der Waals surface area (Å²) in [4.78, 5) is 27.1. The van der Waals surface area contributed by atoms with Gasteiger partial charge in [0.1, 0.15) is 22.7 Å². The van der Waals surface area contributed by atoms with Crippen molar-refractivity contribution in [1.29, 1.82) is 0 Å². The first-order valence-electron chi connectivity index (χ1n) is 12.1. The average Bonchev–Trinajstić information content (AvgIpc) is 3.43. The van der Waals surface area contributed by atoms with E-state index < -0.39 is 11.9 Å². The number of carbonyl (C=O) groups excluding carboxylic acids is 1. The van der Waals surface area contributed by atoms with Crippen LogP contribution in [0.3, 0.4) is 0 Å². The lowest BCUT2D eigenvalue weighted by Gasteiger charge is -2.35. The monoisotopic (exact) mass is 576 g/mol. The molecule has 1 atom stereocenters. The number of carbonyl (C=O) groups is 1. The molecule has 0 saturated carbocycles. The molecule has 2 aliphatic rings. The second-order valence-electron chi connectivity index (χ2n) is 9.01. The lowest BCUT2D eigenvalue weighted by molar-refractivity contribution is -0.135. The van der Waals surface area contributed by atoms with Crippen LogP contribution in [0, 0.1) is 12.7 Å². The van der Waals surface area contributed by atoms with E-state index in [0.29, 0.717) is 48.1 Å². The van der Waals surface area contributed by atoms with Gasteiger partial charge in [-0.15, -0.1) is 0 Å². The molecule has 0 spiro atoms. The second kappa shape index (κ2) is 10.3. The molecule has 1 saturated heterocycles. The zero-order chi connectivity index (χ0) is 26.4. The van der Waals surface area contributed by atoms with Gasteiger partial charge in [0.25, 0.3) is 5.91 Å². The maximum absolute atomic E-state index is 15.2. The molecule has 198 valence electrons. The van der Waals surface area contributed by atoms with Crippen molar-refractivity contribution < 1.29 is 18.7 Å². The first-order valence-corrected chi connectivity index (χ1v) is 13.7. The standard InChI is InChI=1S/C25H23Cl2FN6O3S/c1-14-31-34-23-18(29-25(34)38-14)6-7-33(22(23)16-3-2-15(26)12-17(16)28)21(35)13-37-19-4-5-20(30-24(19)27)32-8-10-36-11-9-32/h2-5,12,22H,6-11,13H2,1H3. The minimum Gasteiger partial charge on any atom is -0.481 e. The number of rotatable bonds is 5. The molecule has 1 aromatic carbocycles. The van der Waals surface area contributed by atoms with Gasteiger partial charge in [0.2, 0.25) is 4.96 Å². The number of pyridine rings is 1. The summed E-state index contributed by atoms with van der Waals surface area (Å²) in [5, 5.41) is 5.83. The van der Waals surface area contributed by atoms with Gasteiger partial charge >= 0.3 is 0 Å². The van der Waals surface area contributed by atoms with Crippen molar-refractivity contribution in [2.45, 2.75) is 19.4 Å². The number of imidazole rings is 1. The maximum Gasteiger partial charge on any atom is 0.261 e. The number of morpholine rings is 1. The van der Waals surface area contributed by atoms with Gasteiger partial charge in [-0.05, 0) is 31.2 Å². The van der Waals surface area contributed by atoms with Crippen LogP contribution in [0.1, 0.15) is 28.0 Å². The summed E-state index contributed by atoms with van der Waals surface area (Å²) >= 11 is 13.9. The normalized spacial score (nSPS) is 17.6. The molecule has 1 fully saturated rings. The van der Waals surface area contributed by atoms with Gasteiger partial charge in [-0.3, -0.25) is 4.79 Å². The fourth-order valence-electron chi connectivity index (χ4n) is 4.88. The van der Waals surface area contributed by atoms with E-state index >= 15 is 4.39 Å². The molecule has 6 rings (SSSR count). The molecule has 4 aromatic rings. The first kappa shape index (κ1) is 25.3. The molecule has 1 unspecified atom stereocenters. The van der Waals surface area contributed by atoms with Crippen molar-refractivity contribution in [3.05, 3.63) is 68.3 Å². The van der Waals surface area contributed by atoms with Gasteiger partial charge in [0.05, 0.1) is 24.6 Å². The predicted molar refractivity (Wildman–Crippen MR) is 142 cm³/mol. The molecule has 38 heavy (non-hydrogen) atoms. The summed E-state index contributed by atoms with van der Waals surface area (Å²) in [6.45, 7) is 4.63. The Hall–Kier alpha value is -2.99. The number of hydrogen-bond donors (Lipinski definition) is 0. The molecule has 0 N–H and O–H groups in total. The van der Waals surface area contributed by atoms with Crippen molar-refractivity contribution in [2.24, 2.45) is 0 Å². The van der Waals surface area contributed by atoms with Gasteiger partial charge < -0.3 is 19.3 Å². The molecule has 2 aliphatic heterocycles. The fourth-order valence-corrected chi connectivity index (χ4v) is 6.01. The first-order chi connectivity index (χ1) is 18.4. The van der Waals surface area contributed by atoms with Crippen LogP contribution in [0.5, 0.6) is 5.75 Å². The highest BCUT2D eigenvalue weighted by Crippen LogP contribution is 2.38. The number of halogens is 3. The maximum atomic E-state index is 15.2. The van der Waals surface area contributed by atoms with Crippen LogP contribution in [0.4, 0.5) is 10.2 Å². The summed E-state index contributed by atoms with van der Waals surface area (Å²) in [7, 11) is 0. The molecule has 0 bridgehead atoms. The van der Waals surface area contributed by atoms with Crippen molar-refractivity contribution in [3.8, 4) is 5.75 Å². The smallest absolute Gasteiger partial charge is 0.261 e. The number of nitrogens with zero attached hydrogens (tertiary/aromatic N) is 6. The Bertz CT molecular complexity index is 1520. The molecular weight excluding hydrogens is 554 g/mol. The Balaban J connectivity index is 1.28. The zero-order valence-corrected chi connectivity index (χ0v) is 22.7. The zero-order valence-electron chi connectivity index (χ0n) is 20.4. The molecule has 13 heteroatoms. The van der Waals surface area contributed by atoms with E-state index in [2.05, 4.69) is 15.0 Å². The number of benzene rings is 1. The second-order valence-corrected chi connectivity index (χ2v) is 11.0. The van der Waals surface area contributed by atoms with Gasteiger partial charge in [0, 0.05) is 36.6 Å². The third kappa shape index (κ3) is 4.68. The summed E-state index contributed by atoms with van der Waals surface area (Å²) in [6, 6.07) is 7.22. The quantitative estimate of drug-likeness (QED) is 0.327. The minimum absolute atomic E-state index is 0.165. The Morgan fingerprint density at radius 2 is 2.00 bits per heavy atom. The SMILES string of the molecule is Cc1nn2c3c(nc2s1)CCN(C(=O)COc1ccc(N2CCOCC2)nc1Cl)C3c1ccc(Cl)cc1F. The van der Waals surface area contributed by atoms with Crippen LogP contribution in [0.25, 0.3) is 4.96 Å². The van der Waals surface area contributed by atoms with E-state index in [1.54, 1.807) is 27.6 Å². The molecule has 0 aliphatic carbocycles. The van der Waals surface area contributed by atoms with E-state index in [9.17, 15) is 4.79 Å². The number of amides is 1. The van der Waals surface area contributed by atoms with Crippen molar-refractivity contribution in [1.82, 2.24) is 24.5 Å². The van der Waals surface area contributed by atoms with E-state index in [-0.39, 0.29) is 22.7 Å². The Morgan fingerprint density at radius 1 is 1.18 bits per heavy atom. The van der Waals surface area contributed by atoms with Crippen LogP contribution in [0.15, 0.2) is 30.3 Å². The highest BCUT2D eigenvalue weighted by molar-refractivity contribution is 7.16. The fraction of sp³-hybridized carbons (Fsp3) is 0.360. The number of hydrogen-bond acceptors (Lipinski definition) is 8. The molecule has 3 aromatic heterocycles. The molecular formula is C25H23Cl2FN6O3S. The average molecular weight is 577 g/mol. The highest BCUT2D eigenvalue weighted by Gasteiger charge is 2.38. The van der Waals surface area contributed by atoms with Gasteiger partial charge in [0.15, 0.2) is 17.5 Å². The number of anilines is 1. The predicted octanol–water partition coefficient (Wildman–Crippen LogP) is 4.33. The largest absolute Gasteiger partial charge is 0.481 e. The summed E-state index contributed by atoms with van der Waals surface area (Å²) in [6.07, 6.45) is 0.512. The van der Waals surface area contributed by atoms with E-state index in [0.717, 1.165) is 29.6 Å². The molecule has 9 nitrogen and oxygen atoms in total. The van der Waals surface area contributed by atoms with E-state index in [4.69, 9.17) is 37.7 Å². The highest BCUT2D eigenvalue weighted by atomic mass is 35.5. The van der Waals surface area contributed by atoms with Gasteiger partial charge in [-0.1, -0.05) is 40.6 Å². The number of aryl methyl sites for hydroxylation is 1. The summed E-state index contributed by atoms with van der Waals surface area (Å²) in [5.74, 6) is 0.181. The van der Waals surface area contributed by atoms with E-state index in [1.165, 1.54) is 17.4 Å². The Morgan fingerprint density at radius 3 is 2.76 bits per heavy atom. The topological polar surface area (TPSA) is 85.1 Å². The van der Waals surface area contributed by atoms with Crippen molar-refractivity contribution in [2.75, 3.05) is 44.4 Å². The van der Waals surface area contributed by atoms with Gasteiger partial charge in [-0.25, -0.2) is 18.9 Å². The third-order valence-corrected chi connectivity index (χ3v) is 7.97. The van der Waals surface area contributed by atoms with Crippen LogP contribution < -0.4 is 9.64 Å². The van der Waals surface area contributed by atoms with Crippen LogP contribution >= 0.6 is 34.5 Å². The minimum atomic E-state index is -0.749. The van der Waals surface area contributed by atoms with Crippen LogP contribution in [0.2, 0.25) is 10.2 Å². The number of fused-ring (bicyclic) bond motifs is 3. The van der Waals surface area contributed by atoms with Crippen LogP contribution in [-0.4, -0.2) is 69.8 Å². The van der Waals surface area contributed by atoms with Crippen molar-refractivity contribution >= 4 is 51.2 Å². The lowest BCUT2D eigenvalue weighted by atomic mass is 9.95. The summed E-state index contributed by atoms with van der Waals surface area (Å²) < 4.78 is 28.1. The molecule has 5 heterocycles.